The fourth-order valence-corrected chi connectivity index (χ4v) is 3.32. The molecule has 0 radical (unpaired) electrons. The first-order valence-electron chi connectivity index (χ1n) is 7.04. The first kappa shape index (κ1) is 10.8. The van der Waals surface area contributed by atoms with Gasteiger partial charge in [0.15, 0.2) is 0 Å². The summed E-state index contributed by atoms with van der Waals surface area (Å²) in [6, 6.07) is 8.80. The average molecular weight is 244 g/mol. The van der Waals surface area contributed by atoms with Crippen LogP contribution < -0.4 is 0 Å². The van der Waals surface area contributed by atoms with Crippen molar-refractivity contribution in [3.8, 4) is 0 Å². The summed E-state index contributed by atoms with van der Waals surface area (Å²) in [4.78, 5) is 0. The molecule has 0 heteroatoms. The Bertz CT molecular complexity index is 691. The molecule has 0 saturated carbocycles. The molecule has 0 N–H and O–H groups in total. The van der Waals surface area contributed by atoms with Crippen molar-refractivity contribution in [2.45, 2.75) is 19.3 Å². The van der Waals surface area contributed by atoms with Crippen molar-refractivity contribution in [3.63, 3.8) is 0 Å². The van der Waals surface area contributed by atoms with E-state index in [9.17, 15) is 0 Å². The Kier molecular flexibility index (Phi) is 2.41. The molecule has 0 nitrogen and oxygen atoms in total. The van der Waals surface area contributed by atoms with Crippen molar-refractivity contribution in [1.29, 1.82) is 0 Å². The van der Waals surface area contributed by atoms with Crippen LogP contribution in [0.5, 0.6) is 0 Å². The van der Waals surface area contributed by atoms with Gasteiger partial charge in [0, 0.05) is 0 Å². The molecule has 0 bridgehead atoms. The van der Waals surface area contributed by atoms with E-state index in [1.54, 1.807) is 0 Å². The second-order valence-electron chi connectivity index (χ2n) is 5.28. The van der Waals surface area contributed by atoms with E-state index in [-0.39, 0.29) is 0 Å². The Balaban J connectivity index is 2.08. The minimum atomic E-state index is 1.19. The van der Waals surface area contributed by atoms with Crippen LogP contribution in [-0.2, 0) is 0 Å². The van der Waals surface area contributed by atoms with E-state index in [2.05, 4.69) is 60.7 Å². The summed E-state index contributed by atoms with van der Waals surface area (Å²) in [5.41, 5.74) is 8.62. The van der Waals surface area contributed by atoms with Gasteiger partial charge in [-0.2, -0.15) is 0 Å². The Morgan fingerprint density at radius 2 is 1.68 bits per heavy atom. The molecule has 3 aliphatic rings. The molecule has 1 aromatic carbocycles. The number of hydrogen-bond acceptors (Lipinski definition) is 0. The molecule has 0 fully saturated rings. The molecule has 92 valence electrons. The molecule has 0 amide bonds. The molecule has 19 heavy (non-hydrogen) atoms. The lowest BCUT2D eigenvalue weighted by Crippen LogP contribution is -1.89. The summed E-state index contributed by atoms with van der Waals surface area (Å²) in [5, 5.41) is 0. The van der Waals surface area contributed by atoms with Gasteiger partial charge in [0.2, 0.25) is 0 Å². The third-order valence-corrected chi connectivity index (χ3v) is 4.15. The molecular weight excluding hydrogens is 228 g/mol. The van der Waals surface area contributed by atoms with Gasteiger partial charge in [-0.05, 0) is 52.7 Å². The van der Waals surface area contributed by atoms with Crippen LogP contribution in [0.3, 0.4) is 0 Å². The lowest BCUT2D eigenvalue weighted by Gasteiger charge is -2.09. The zero-order valence-electron chi connectivity index (χ0n) is 10.9. The smallest absolute Gasteiger partial charge is 0.00701 e. The van der Waals surface area contributed by atoms with Gasteiger partial charge in [-0.25, -0.2) is 0 Å². The summed E-state index contributed by atoms with van der Waals surface area (Å²) in [7, 11) is 0. The van der Waals surface area contributed by atoms with Gasteiger partial charge in [-0.1, -0.05) is 60.7 Å². The number of hydrogen-bond donors (Lipinski definition) is 0. The predicted molar refractivity (Wildman–Crippen MR) is 81.6 cm³/mol. The van der Waals surface area contributed by atoms with Crippen molar-refractivity contribution < 1.29 is 0 Å². The molecule has 0 saturated heterocycles. The van der Waals surface area contributed by atoms with Gasteiger partial charge >= 0.3 is 0 Å². The molecule has 4 rings (SSSR count). The Morgan fingerprint density at radius 3 is 2.58 bits per heavy atom. The molecule has 0 aliphatic heterocycles. The molecule has 3 aliphatic carbocycles. The summed E-state index contributed by atoms with van der Waals surface area (Å²) in [6.07, 6.45) is 17.1. The van der Waals surface area contributed by atoms with Crippen LogP contribution in [0.25, 0.3) is 11.1 Å². The van der Waals surface area contributed by atoms with Crippen LogP contribution >= 0.6 is 0 Å². The summed E-state index contributed by atoms with van der Waals surface area (Å²) in [5.74, 6) is 0. The lowest BCUT2D eigenvalue weighted by molar-refractivity contribution is 0.853. The van der Waals surface area contributed by atoms with E-state index in [1.807, 2.05) is 0 Å². The fraction of sp³-hybridized carbons (Fsp3) is 0.158. The largest absolute Gasteiger partial charge is 0.0760 e. The Labute approximate surface area is 114 Å². The number of benzene rings is 1. The summed E-state index contributed by atoms with van der Waals surface area (Å²) >= 11 is 0. The van der Waals surface area contributed by atoms with Gasteiger partial charge in [0.1, 0.15) is 0 Å². The molecule has 0 spiro atoms. The van der Waals surface area contributed by atoms with Crippen molar-refractivity contribution in [2.75, 3.05) is 0 Å². The lowest BCUT2D eigenvalue weighted by atomic mass is 9.95. The van der Waals surface area contributed by atoms with E-state index >= 15 is 0 Å². The average Bonchev–Trinajstić information content (AvgIpc) is 2.58. The maximum atomic E-state index is 2.43. The topological polar surface area (TPSA) is 0 Å². The highest BCUT2D eigenvalue weighted by molar-refractivity contribution is 6.09. The van der Waals surface area contributed by atoms with E-state index in [0.29, 0.717) is 0 Å². The van der Waals surface area contributed by atoms with Crippen LogP contribution in [-0.4, -0.2) is 0 Å². The number of allylic oxidation sites excluding steroid dienone is 10. The van der Waals surface area contributed by atoms with E-state index in [4.69, 9.17) is 0 Å². The van der Waals surface area contributed by atoms with Crippen molar-refractivity contribution in [3.05, 3.63) is 83.0 Å². The predicted octanol–water partition coefficient (Wildman–Crippen LogP) is 5.07. The maximum absolute atomic E-state index is 2.43. The number of fused-ring (bicyclic) bond motifs is 3. The zero-order chi connectivity index (χ0) is 12.7. The Hall–Kier alpha value is -2.08. The van der Waals surface area contributed by atoms with Gasteiger partial charge in [-0.3, -0.25) is 0 Å². The van der Waals surface area contributed by atoms with Crippen molar-refractivity contribution in [1.82, 2.24) is 0 Å². The number of rotatable bonds is 0. The minimum Gasteiger partial charge on any atom is -0.0760 e. The first-order chi connectivity index (χ1) is 9.45. The van der Waals surface area contributed by atoms with Crippen LogP contribution in [0.1, 0.15) is 30.4 Å². The highest BCUT2D eigenvalue weighted by atomic mass is 14.3. The third kappa shape index (κ3) is 1.60. The van der Waals surface area contributed by atoms with E-state index in [0.717, 1.165) is 0 Å². The summed E-state index contributed by atoms with van der Waals surface area (Å²) in [6.45, 7) is 0. The van der Waals surface area contributed by atoms with Crippen LogP contribution in [0.2, 0.25) is 0 Å². The van der Waals surface area contributed by atoms with Gasteiger partial charge < -0.3 is 0 Å². The SMILES string of the molecule is C1=CC=C2C3=C(C=C1)CCCC=C3c1ccccc12. The first-order valence-corrected chi connectivity index (χ1v) is 7.04. The van der Waals surface area contributed by atoms with Crippen molar-refractivity contribution >= 4 is 11.1 Å². The zero-order valence-corrected chi connectivity index (χ0v) is 10.9. The van der Waals surface area contributed by atoms with Gasteiger partial charge in [-0.15, -0.1) is 0 Å². The van der Waals surface area contributed by atoms with Crippen LogP contribution in [0, 0.1) is 0 Å². The highest BCUT2D eigenvalue weighted by Crippen LogP contribution is 2.49. The van der Waals surface area contributed by atoms with Crippen molar-refractivity contribution in [2.24, 2.45) is 0 Å². The molecule has 1 aromatic rings. The van der Waals surface area contributed by atoms with Gasteiger partial charge in [0.25, 0.3) is 0 Å². The fourth-order valence-electron chi connectivity index (χ4n) is 3.32. The third-order valence-electron chi connectivity index (χ3n) is 4.15. The molecular formula is C19H16. The molecule has 0 unspecified atom stereocenters. The molecule has 0 atom stereocenters. The monoisotopic (exact) mass is 244 g/mol. The second kappa shape index (κ2) is 4.24. The molecule has 0 aromatic heterocycles. The standard InChI is InChI=1S/C19H16/c1-2-8-14-9-4-5-13-18-16-11-7-6-10-15(16)17(12-3-1)19(14)18/h1-3,6-8,10-13H,4-5,9H2. The van der Waals surface area contributed by atoms with Gasteiger partial charge in [0.05, 0.1) is 0 Å². The van der Waals surface area contributed by atoms with Crippen LogP contribution in [0.15, 0.2) is 71.9 Å². The second-order valence-corrected chi connectivity index (χ2v) is 5.28. The maximum Gasteiger partial charge on any atom is -0.00701 e. The minimum absolute atomic E-state index is 1.19. The normalized spacial score (nSPS) is 20.0. The summed E-state index contributed by atoms with van der Waals surface area (Å²) < 4.78 is 0. The highest BCUT2D eigenvalue weighted by Gasteiger charge is 2.28. The van der Waals surface area contributed by atoms with E-state index < -0.39 is 0 Å². The van der Waals surface area contributed by atoms with E-state index in [1.165, 1.54) is 52.7 Å². The quantitative estimate of drug-likeness (QED) is 0.597. The molecule has 0 heterocycles. The van der Waals surface area contributed by atoms with Crippen LogP contribution in [0.4, 0.5) is 0 Å². The Morgan fingerprint density at radius 1 is 0.842 bits per heavy atom.